The van der Waals surface area contributed by atoms with Crippen molar-refractivity contribution in [2.45, 2.75) is 46.0 Å². The summed E-state index contributed by atoms with van der Waals surface area (Å²) in [7, 11) is 0. The smallest absolute Gasteiger partial charge is 0.220 e. The van der Waals surface area contributed by atoms with Gasteiger partial charge in [-0.3, -0.25) is 4.79 Å². The lowest BCUT2D eigenvalue weighted by Gasteiger charge is -2.24. The molecule has 3 heteroatoms. The van der Waals surface area contributed by atoms with E-state index in [0.717, 1.165) is 19.6 Å². The summed E-state index contributed by atoms with van der Waals surface area (Å²) in [6.07, 6.45) is 5.71. The third-order valence-corrected chi connectivity index (χ3v) is 4.63. The Balaban J connectivity index is 1.67. The summed E-state index contributed by atoms with van der Waals surface area (Å²) in [6, 6.07) is 0. The Labute approximate surface area is 105 Å². The van der Waals surface area contributed by atoms with Crippen LogP contribution in [-0.4, -0.2) is 25.5 Å². The van der Waals surface area contributed by atoms with Crippen LogP contribution in [0.25, 0.3) is 0 Å². The van der Waals surface area contributed by atoms with Crippen molar-refractivity contribution >= 4 is 5.91 Å². The lowest BCUT2D eigenvalue weighted by molar-refractivity contribution is -0.122. The van der Waals surface area contributed by atoms with Crippen molar-refractivity contribution in [1.29, 1.82) is 0 Å². The molecule has 0 aromatic rings. The summed E-state index contributed by atoms with van der Waals surface area (Å²) in [4.78, 5) is 11.9. The number of carbonyl (C=O) groups excluding carboxylic acids is 1. The highest BCUT2D eigenvalue weighted by Gasteiger charge is 2.45. The Bertz CT molecular complexity index is 265. The summed E-state index contributed by atoms with van der Waals surface area (Å²) in [5.41, 5.74) is 0.431. The molecular formula is C14H26N2O. The molecule has 1 saturated heterocycles. The highest BCUT2D eigenvalue weighted by Crippen LogP contribution is 2.51. The van der Waals surface area contributed by atoms with E-state index >= 15 is 0 Å². The van der Waals surface area contributed by atoms with Crippen molar-refractivity contribution < 1.29 is 4.79 Å². The van der Waals surface area contributed by atoms with Crippen LogP contribution in [0.15, 0.2) is 0 Å². The first kappa shape index (κ1) is 12.9. The van der Waals surface area contributed by atoms with Crippen molar-refractivity contribution in [3.8, 4) is 0 Å². The van der Waals surface area contributed by atoms with Crippen LogP contribution in [0.4, 0.5) is 0 Å². The minimum atomic E-state index is 0.255. The molecule has 0 radical (unpaired) electrons. The van der Waals surface area contributed by atoms with E-state index in [1.165, 1.54) is 25.7 Å². The van der Waals surface area contributed by atoms with E-state index in [9.17, 15) is 4.79 Å². The van der Waals surface area contributed by atoms with Crippen LogP contribution in [-0.2, 0) is 4.79 Å². The molecule has 1 heterocycles. The molecule has 1 aliphatic heterocycles. The van der Waals surface area contributed by atoms with Gasteiger partial charge in [-0.25, -0.2) is 0 Å². The lowest BCUT2D eigenvalue weighted by atomic mass is 9.92. The molecule has 2 N–H and O–H groups in total. The Hall–Kier alpha value is -0.570. The molecular weight excluding hydrogens is 212 g/mol. The van der Waals surface area contributed by atoms with Gasteiger partial charge in [0.15, 0.2) is 0 Å². The lowest BCUT2D eigenvalue weighted by Crippen LogP contribution is -2.37. The summed E-state index contributed by atoms with van der Waals surface area (Å²) < 4.78 is 0. The van der Waals surface area contributed by atoms with E-state index in [1.54, 1.807) is 0 Å². The Morgan fingerprint density at radius 1 is 1.47 bits per heavy atom. The summed E-state index contributed by atoms with van der Waals surface area (Å²) in [5, 5.41) is 6.51. The largest absolute Gasteiger partial charge is 0.356 e. The van der Waals surface area contributed by atoms with E-state index in [0.29, 0.717) is 23.7 Å². The van der Waals surface area contributed by atoms with E-state index < -0.39 is 0 Å². The predicted molar refractivity (Wildman–Crippen MR) is 69.7 cm³/mol. The molecule has 1 saturated carbocycles. The monoisotopic (exact) mass is 238 g/mol. The first-order valence-corrected chi connectivity index (χ1v) is 7.10. The fraction of sp³-hybridized carbons (Fsp3) is 0.929. The van der Waals surface area contributed by atoms with Crippen LogP contribution >= 0.6 is 0 Å². The first-order chi connectivity index (χ1) is 8.12. The van der Waals surface area contributed by atoms with Gasteiger partial charge in [0, 0.05) is 13.0 Å². The number of nitrogens with one attached hydrogen (secondary N) is 2. The van der Waals surface area contributed by atoms with Gasteiger partial charge in [-0.05, 0) is 56.0 Å². The molecule has 17 heavy (non-hydrogen) atoms. The topological polar surface area (TPSA) is 41.1 Å². The fourth-order valence-corrected chi connectivity index (χ4v) is 2.83. The van der Waals surface area contributed by atoms with Gasteiger partial charge in [-0.2, -0.15) is 0 Å². The summed E-state index contributed by atoms with van der Waals surface area (Å²) in [5.74, 6) is 1.50. The average Bonchev–Trinajstić information content (AvgIpc) is 3.09. The van der Waals surface area contributed by atoms with E-state index in [2.05, 4.69) is 24.5 Å². The highest BCUT2D eigenvalue weighted by molar-refractivity contribution is 5.76. The van der Waals surface area contributed by atoms with Gasteiger partial charge in [0.25, 0.3) is 0 Å². The van der Waals surface area contributed by atoms with Crippen molar-refractivity contribution in [2.75, 3.05) is 19.6 Å². The summed E-state index contributed by atoms with van der Waals surface area (Å²) >= 11 is 0. The van der Waals surface area contributed by atoms with E-state index in [-0.39, 0.29) is 5.91 Å². The van der Waals surface area contributed by atoms with Gasteiger partial charge in [-0.1, -0.05) is 13.8 Å². The molecule has 2 rings (SSSR count). The van der Waals surface area contributed by atoms with Crippen LogP contribution in [0.3, 0.4) is 0 Å². The maximum absolute atomic E-state index is 11.9. The molecule has 3 nitrogen and oxygen atoms in total. The predicted octanol–water partition coefficient (Wildman–Crippen LogP) is 1.93. The molecule has 0 aromatic carbocycles. The number of amides is 1. The van der Waals surface area contributed by atoms with Crippen LogP contribution < -0.4 is 10.6 Å². The maximum Gasteiger partial charge on any atom is 0.220 e. The molecule has 98 valence electrons. The third-order valence-electron chi connectivity index (χ3n) is 4.63. The molecule has 1 amide bonds. The van der Waals surface area contributed by atoms with Gasteiger partial charge in [0.1, 0.15) is 0 Å². The molecule has 0 spiro atoms. The van der Waals surface area contributed by atoms with Crippen LogP contribution in [0.1, 0.15) is 46.0 Å². The molecule has 1 unspecified atom stereocenters. The van der Waals surface area contributed by atoms with Crippen LogP contribution in [0, 0.1) is 17.3 Å². The quantitative estimate of drug-likeness (QED) is 0.768. The van der Waals surface area contributed by atoms with Crippen LogP contribution in [0.2, 0.25) is 0 Å². The van der Waals surface area contributed by atoms with Gasteiger partial charge in [-0.15, -0.1) is 0 Å². The zero-order chi connectivity index (χ0) is 12.3. The fourth-order valence-electron chi connectivity index (χ4n) is 2.83. The van der Waals surface area contributed by atoms with Crippen molar-refractivity contribution in [2.24, 2.45) is 17.3 Å². The number of hydrogen-bond acceptors (Lipinski definition) is 2. The normalized spacial score (nSPS) is 26.9. The van der Waals surface area contributed by atoms with Gasteiger partial charge >= 0.3 is 0 Å². The molecule has 0 aromatic heterocycles. The van der Waals surface area contributed by atoms with E-state index in [1.807, 2.05) is 0 Å². The Morgan fingerprint density at radius 3 is 2.76 bits per heavy atom. The number of carbonyl (C=O) groups is 1. The third kappa shape index (κ3) is 3.44. The Kier molecular flexibility index (Phi) is 4.08. The highest BCUT2D eigenvalue weighted by atomic mass is 16.1. The minimum absolute atomic E-state index is 0.255. The maximum atomic E-state index is 11.9. The summed E-state index contributed by atoms with van der Waals surface area (Å²) in [6.45, 7) is 7.56. The first-order valence-electron chi connectivity index (χ1n) is 7.10. The molecule has 1 atom stereocenters. The van der Waals surface area contributed by atoms with Gasteiger partial charge in [0.05, 0.1) is 0 Å². The standard InChI is InChI=1S/C14H26N2O/c1-11(2)14(5-6-14)10-16-13(17)8-12-4-3-7-15-9-12/h11-12,15H,3-10H2,1-2H3,(H,16,17). The number of piperidine rings is 1. The molecule has 0 bridgehead atoms. The average molecular weight is 238 g/mol. The minimum Gasteiger partial charge on any atom is -0.356 e. The molecule has 2 fully saturated rings. The second-order valence-corrected chi connectivity index (χ2v) is 6.21. The van der Waals surface area contributed by atoms with E-state index in [4.69, 9.17) is 0 Å². The van der Waals surface area contributed by atoms with Crippen molar-refractivity contribution in [3.05, 3.63) is 0 Å². The van der Waals surface area contributed by atoms with Crippen molar-refractivity contribution in [1.82, 2.24) is 10.6 Å². The van der Waals surface area contributed by atoms with Crippen molar-refractivity contribution in [3.63, 3.8) is 0 Å². The van der Waals surface area contributed by atoms with Gasteiger partial charge < -0.3 is 10.6 Å². The second kappa shape index (κ2) is 5.38. The molecule has 1 aliphatic carbocycles. The molecule has 2 aliphatic rings. The van der Waals surface area contributed by atoms with Crippen LogP contribution in [0.5, 0.6) is 0 Å². The zero-order valence-electron chi connectivity index (χ0n) is 11.2. The SMILES string of the molecule is CC(C)C1(CNC(=O)CC2CCCNC2)CC1. The zero-order valence-corrected chi connectivity index (χ0v) is 11.2. The number of hydrogen-bond donors (Lipinski definition) is 2. The van der Waals surface area contributed by atoms with Gasteiger partial charge in [0.2, 0.25) is 5.91 Å². The second-order valence-electron chi connectivity index (χ2n) is 6.21. The number of rotatable bonds is 5. The Morgan fingerprint density at radius 2 is 2.24 bits per heavy atom.